The lowest BCUT2D eigenvalue weighted by Gasteiger charge is -2.36. The number of hydrogen-bond acceptors (Lipinski definition) is 6. The highest BCUT2D eigenvalue weighted by atomic mass is 32.2. The molecule has 3 rings (SSSR count). The van der Waals surface area contributed by atoms with Crippen molar-refractivity contribution in [2.75, 3.05) is 32.4 Å². The fourth-order valence-electron chi connectivity index (χ4n) is 2.63. The molecule has 0 bridgehead atoms. The summed E-state index contributed by atoms with van der Waals surface area (Å²) in [6.07, 6.45) is 1.69. The number of likely N-dealkylation sites (N-methyl/N-ethyl adjacent to an activating group) is 1. The average molecular weight is 315 g/mol. The van der Waals surface area contributed by atoms with E-state index >= 15 is 0 Å². The molecule has 0 spiro atoms. The number of nitrogens with zero attached hydrogens (tertiary/aromatic N) is 4. The molecule has 1 fully saturated rings. The largest absolute Gasteiger partial charge is 0.381 e. The van der Waals surface area contributed by atoms with Crippen molar-refractivity contribution in [3.63, 3.8) is 0 Å². The van der Waals surface area contributed by atoms with Gasteiger partial charge in [0.05, 0.1) is 0 Å². The quantitative estimate of drug-likeness (QED) is 0.862. The van der Waals surface area contributed by atoms with Gasteiger partial charge in [0.1, 0.15) is 0 Å². The van der Waals surface area contributed by atoms with Gasteiger partial charge in [-0.2, -0.15) is 4.31 Å². The predicted octanol–water partition coefficient (Wildman–Crippen LogP) is 0.303. The molecule has 1 atom stereocenters. The molecule has 0 aliphatic carbocycles. The fourth-order valence-corrected chi connectivity index (χ4v) is 5.20. The molecule has 3 heterocycles. The number of piperazine rings is 1. The van der Waals surface area contributed by atoms with Gasteiger partial charge in [0, 0.05) is 37.3 Å². The number of rotatable bonds is 2. The highest BCUT2D eigenvalue weighted by Crippen LogP contribution is 2.28. The highest BCUT2D eigenvalue weighted by Gasteiger charge is 2.36. The zero-order valence-electron chi connectivity index (χ0n) is 11.4. The van der Waals surface area contributed by atoms with Crippen LogP contribution in [0.15, 0.2) is 16.6 Å². The molecule has 2 aromatic rings. The maximum atomic E-state index is 12.9. The molecular weight excluding hydrogens is 298 g/mol. The minimum atomic E-state index is -3.63. The zero-order valence-corrected chi connectivity index (χ0v) is 13.0. The second kappa shape index (κ2) is 4.69. The molecule has 20 heavy (non-hydrogen) atoms. The van der Waals surface area contributed by atoms with Crippen LogP contribution in [-0.2, 0) is 10.0 Å². The monoisotopic (exact) mass is 315 g/mol. The number of nitrogens with two attached hydrogens (primary N) is 1. The van der Waals surface area contributed by atoms with Gasteiger partial charge in [0.2, 0.25) is 0 Å². The van der Waals surface area contributed by atoms with Crippen molar-refractivity contribution >= 4 is 32.1 Å². The minimum absolute atomic E-state index is 0.0722. The van der Waals surface area contributed by atoms with Crippen LogP contribution >= 0.6 is 11.3 Å². The number of anilines is 1. The molecule has 2 N–H and O–H groups in total. The molecule has 2 aromatic heterocycles. The molecule has 1 aliphatic rings. The van der Waals surface area contributed by atoms with E-state index in [1.165, 1.54) is 15.6 Å². The number of hydrogen-bond donors (Lipinski definition) is 1. The molecule has 9 heteroatoms. The van der Waals surface area contributed by atoms with E-state index in [1.54, 1.807) is 16.0 Å². The molecular formula is C11H17N5O2S2. The Labute approximate surface area is 121 Å². The van der Waals surface area contributed by atoms with Crippen LogP contribution in [-0.4, -0.2) is 59.7 Å². The summed E-state index contributed by atoms with van der Waals surface area (Å²) < 4.78 is 28.8. The lowest BCUT2D eigenvalue weighted by Crippen LogP contribution is -2.52. The number of thiazole rings is 1. The van der Waals surface area contributed by atoms with Gasteiger partial charge in [0.25, 0.3) is 10.0 Å². The van der Waals surface area contributed by atoms with Crippen molar-refractivity contribution in [1.29, 1.82) is 0 Å². The van der Waals surface area contributed by atoms with E-state index in [2.05, 4.69) is 9.88 Å². The highest BCUT2D eigenvalue weighted by molar-refractivity contribution is 7.89. The summed E-state index contributed by atoms with van der Waals surface area (Å²) in [6.45, 7) is 3.81. The zero-order chi connectivity index (χ0) is 14.5. The van der Waals surface area contributed by atoms with Crippen LogP contribution in [0.25, 0.3) is 4.96 Å². The molecule has 1 unspecified atom stereocenters. The third-order valence-corrected chi connectivity index (χ3v) is 6.38. The first kappa shape index (κ1) is 13.8. The van der Waals surface area contributed by atoms with Crippen molar-refractivity contribution in [1.82, 2.24) is 18.6 Å². The van der Waals surface area contributed by atoms with Gasteiger partial charge in [-0.3, -0.25) is 4.40 Å². The summed E-state index contributed by atoms with van der Waals surface area (Å²) in [5.74, 6) is 0.0722. The smallest absolute Gasteiger partial charge is 0.263 e. The van der Waals surface area contributed by atoms with Crippen molar-refractivity contribution in [3.05, 3.63) is 11.6 Å². The van der Waals surface area contributed by atoms with Crippen LogP contribution < -0.4 is 5.73 Å². The van der Waals surface area contributed by atoms with E-state index in [-0.39, 0.29) is 16.9 Å². The SMILES string of the molecule is CC1CN(C)CCN1S(=O)(=O)c1c(N)nc2sccn12. The summed E-state index contributed by atoms with van der Waals surface area (Å²) in [5.41, 5.74) is 5.82. The number of nitrogen functional groups attached to an aromatic ring is 1. The van der Waals surface area contributed by atoms with E-state index in [0.29, 0.717) is 18.1 Å². The first-order chi connectivity index (χ1) is 9.41. The van der Waals surface area contributed by atoms with Crippen LogP contribution in [0, 0.1) is 0 Å². The molecule has 0 saturated carbocycles. The molecule has 0 aromatic carbocycles. The Morgan fingerprint density at radius 3 is 2.90 bits per heavy atom. The van der Waals surface area contributed by atoms with Gasteiger partial charge in [-0.15, -0.1) is 11.3 Å². The van der Waals surface area contributed by atoms with Crippen molar-refractivity contribution in [2.24, 2.45) is 0 Å². The second-order valence-electron chi connectivity index (χ2n) is 5.08. The molecule has 1 aliphatic heterocycles. The lowest BCUT2D eigenvalue weighted by molar-refractivity contribution is 0.170. The van der Waals surface area contributed by atoms with E-state index in [4.69, 9.17) is 5.73 Å². The van der Waals surface area contributed by atoms with E-state index in [0.717, 1.165) is 6.54 Å². The maximum Gasteiger partial charge on any atom is 0.263 e. The van der Waals surface area contributed by atoms with E-state index in [9.17, 15) is 8.42 Å². The average Bonchev–Trinajstić information content (AvgIpc) is 2.87. The Hall–Kier alpha value is -1.16. The second-order valence-corrected chi connectivity index (χ2v) is 7.76. The number of aromatic nitrogens is 2. The van der Waals surface area contributed by atoms with Crippen LogP contribution in [0.1, 0.15) is 6.92 Å². The molecule has 1 saturated heterocycles. The van der Waals surface area contributed by atoms with Gasteiger partial charge in [-0.25, -0.2) is 13.4 Å². The van der Waals surface area contributed by atoms with Crippen LogP contribution in [0.3, 0.4) is 0 Å². The molecule has 0 amide bonds. The number of sulfonamides is 1. The molecule has 0 radical (unpaired) electrons. The topological polar surface area (TPSA) is 83.9 Å². The normalized spacial score (nSPS) is 22.6. The van der Waals surface area contributed by atoms with Crippen molar-refractivity contribution in [2.45, 2.75) is 18.0 Å². The van der Waals surface area contributed by atoms with Gasteiger partial charge in [-0.1, -0.05) is 0 Å². The van der Waals surface area contributed by atoms with Crippen LogP contribution in [0.5, 0.6) is 0 Å². The van der Waals surface area contributed by atoms with Gasteiger partial charge < -0.3 is 10.6 Å². The predicted molar refractivity (Wildman–Crippen MR) is 78.3 cm³/mol. The molecule has 110 valence electrons. The Kier molecular flexibility index (Phi) is 3.24. The standard InChI is InChI=1S/C11H17N5O2S2/c1-8-7-14(2)3-4-16(8)20(17,18)10-9(12)13-11-15(10)5-6-19-11/h5-6,8H,3-4,7,12H2,1-2H3. The van der Waals surface area contributed by atoms with E-state index in [1.807, 2.05) is 14.0 Å². The summed E-state index contributed by atoms with van der Waals surface area (Å²) >= 11 is 1.37. The number of imidazole rings is 1. The summed E-state index contributed by atoms with van der Waals surface area (Å²) in [5, 5.41) is 1.89. The third kappa shape index (κ3) is 2.01. The first-order valence-corrected chi connectivity index (χ1v) is 8.64. The summed E-state index contributed by atoms with van der Waals surface area (Å²) in [7, 11) is -1.64. The van der Waals surface area contributed by atoms with Gasteiger partial charge >= 0.3 is 0 Å². The maximum absolute atomic E-state index is 12.9. The Balaban J connectivity index is 2.08. The van der Waals surface area contributed by atoms with Crippen molar-refractivity contribution in [3.8, 4) is 0 Å². The summed E-state index contributed by atoms with van der Waals surface area (Å²) in [6, 6.07) is -0.0812. The lowest BCUT2D eigenvalue weighted by atomic mass is 10.2. The summed E-state index contributed by atoms with van der Waals surface area (Å²) in [4.78, 5) is 6.84. The fraction of sp³-hybridized carbons (Fsp3) is 0.545. The molecule has 7 nitrogen and oxygen atoms in total. The van der Waals surface area contributed by atoms with Gasteiger partial charge in [-0.05, 0) is 14.0 Å². The van der Waals surface area contributed by atoms with Crippen LogP contribution in [0.2, 0.25) is 0 Å². The Bertz CT molecular complexity index is 735. The first-order valence-electron chi connectivity index (χ1n) is 6.32. The Morgan fingerprint density at radius 1 is 1.45 bits per heavy atom. The van der Waals surface area contributed by atoms with Crippen LogP contribution in [0.4, 0.5) is 5.82 Å². The van der Waals surface area contributed by atoms with Gasteiger partial charge in [0.15, 0.2) is 15.8 Å². The Morgan fingerprint density at radius 2 is 2.20 bits per heavy atom. The third-order valence-electron chi connectivity index (χ3n) is 3.57. The van der Waals surface area contributed by atoms with Crippen molar-refractivity contribution < 1.29 is 8.42 Å². The number of fused-ring (bicyclic) bond motifs is 1. The van der Waals surface area contributed by atoms with E-state index < -0.39 is 10.0 Å². The minimum Gasteiger partial charge on any atom is -0.381 e.